The van der Waals surface area contributed by atoms with Gasteiger partial charge in [-0.05, 0) is 24.0 Å². The van der Waals surface area contributed by atoms with Crippen LogP contribution in [0.25, 0.3) is 5.65 Å². The van der Waals surface area contributed by atoms with Gasteiger partial charge in [0.2, 0.25) is 5.95 Å². The van der Waals surface area contributed by atoms with Crippen molar-refractivity contribution < 1.29 is 15.0 Å². The van der Waals surface area contributed by atoms with Crippen molar-refractivity contribution in [3.63, 3.8) is 0 Å². The zero-order valence-corrected chi connectivity index (χ0v) is 13.5. The molecule has 0 fully saturated rings. The molecule has 0 bridgehead atoms. The van der Waals surface area contributed by atoms with Crippen LogP contribution in [0.5, 0.6) is 0 Å². The van der Waals surface area contributed by atoms with Crippen molar-refractivity contribution in [1.29, 1.82) is 0 Å². The van der Waals surface area contributed by atoms with Crippen LogP contribution in [0.2, 0.25) is 0 Å². The standard InChI is InChI=1S/C18H18N4O3/c23-16(24)14-9-15-19-7-8-22(15)17(21-14)20-11-18(25)6-5-12-3-1-2-4-13(12)10-18/h1-4,7-9,25H,5-6,10-11H2,(H,20,21)(H,23,24). The summed E-state index contributed by atoms with van der Waals surface area (Å²) in [7, 11) is 0. The van der Waals surface area contributed by atoms with Crippen LogP contribution >= 0.6 is 0 Å². The summed E-state index contributed by atoms with van der Waals surface area (Å²) in [4.78, 5) is 19.5. The maximum atomic E-state index is 11.2. The Kier molecular flexibility index (Phi) is 3.65. The predicted molar refractivity (Wildman–Crippen MR) is 91.9 cm³/mol. The van der Waals surface area contributed by atoms with Gasteiger partial charge in [0.25, 0.3) is 0 Å². The number of carboxylic acid groups (broad SMARTS) is 1. The van der Waals surface area contributed by atoms with E-state index in [9.17, 15) is 15.0 Å². The minimum Gasteiger partial charge on any atom is -0.477 e. The summed E-state index contributed by atoms with van der Waals surface area (Å²) in [5.74, 6) is -0.751. The van der Waals surface area contributed by atoms with Gasteiger partial charge in [-0.25, -0.2) is 14.8 Å². The number of aromatic carboxylic acids is 1. The van der Waals surface area contributed by atoms with Crippen LogP contribution in [0.15, 0.2) is 42.7 Å². The summed E-state index contributed by atoms with van der Waals surface area (Å²) in [5, 5.41) is 23.3. The fourth-order valence-corrected chi connectivity index (χ4v) is 3.34. The molecule has 128 valence electrons. The summed E-state index contributed by atoms with van der Waals surface area (Å²) in [6.07, 6.45) is 5.30. The molecule has 0 amide bonds. The fourth-order valence-electron chi connectivity index (χ4n) is 3.34. The number of hydrogen-bond donors (Lipinski definition) is 3. The number of rotatable bonds is 4. The summed E-state index contributed by atoms with van der Waals surface area (Å²) in [6.45, 7) is 0.282. The predicted octanol–water partition coefficient (Wildman–Crippen LogP) is 1.76. The number of aliphatic hydroxyl groups is 1. The first-order chi connectivity index (χ1) is 12.0. The zero-order chi connectivity index (χ0) is 17.4. The van der Waals surface area contributed by atoms with Gasteiger partial charge in [0, 0.05) is 31.4 Å². The Balaban J connectivity index is 1.58. The number of carbonyl (C=O) groups is 1. The first kappa shape index (κ1) is 15.6. The van der Waals surface area contributed by atoms with Gasteiger partial charge in [-0.15, -0.1) is 0 Å². The average molecular weight is 338 g/mol. The van der Waals surface area contributed by atoms with E-state index in [1.807, 2.05) is 18.2 Å². The number of aryl methyl sites for hydroxylation is 1. The molecule has 7 heteroatoms. The molecule has 0 spiro atoms. The Morgan fingerprint density at radius 2 is 2.12 bits per heavy atom. The minimum atomic E-state index is -1.11. The number of benzene rings is 1. The Labute approximate surface area is 144 Å². The summed E-state index contributed by atoms with van der Waals surface area (Å²) in [6, 6.07) is 9.54. The largest absolute Gasteiger partial charge is 0.477 e. The van der Waals surface area contributed by atoms with Crippen molar-refractivity contribution >= 4 is 17.6 Å². The van der Waals surface area contributed by atoms with Crippen LogP contribution in [-0.4, -0.2) is 42.7 Å². The first-order valence-electron chi connectivity index (χ1n) is 8.15. The molecule has 0 saturated carbocycles. The highest BCUT2D eigenvalue weighted by Crippen LogP contribution is 2.29. The van der Waals surface area contributed by atoms with Gasteiger partial charge in [0.1, 0.15) is 5.65 Å². The third kappa shape index (κ3) is 2.94. The van der Waals surface area contributed by atoms with E-state index in [0.717, 1.165) is 12.0 Å². The van der Waals surface area contributed by atoms with Crippen molar-refractivity contribution in [3.8, 4) is 0 Å². The van der Waals surface area contributed by atoms with Crippen LogP contribution in [0.4, 0.5) is 5.95 Å². The molecular weight excluding hydrogens is 320 g/mol. The zero-order valence-electron chi connectivity index (χ0n) is 13.5. The lowest BCUT2D eigenvalue weighted by Gasteiger charge is -2.33. The van der Waals surface area contributed by atoms with Gasteiger partial charge in [0.15, 0.2) is 5.69 Å². The number of imidazole rings is 1. The van der Waals surface area contributed by atoms with Crippen molar-refractivity contribution in [2.24, 2.45) is 0 Å². The van der Waals surface area contributed by atoms with Crippen LogP contribution in [0.1, 0.15) is 28.0 Å². The molecule has 0 aliphatic heterocycles. The van der Waals surface area contributed by atoms with Gasteiger partial charge in [-0.3, -0.25) is 4.40 Å². The van der Waals surface area contributed by atoms with Crippen molar-refractivity contribution in [2.75, 3.05) is 11.9 Å². The normalized spacial score (nSPS) is 19.6. The molecule has 1 aromatic carbocycles. The molecule has 3 aromatic rings. The van der Waals surface area contributed by atoms with Crippen LogP contribution in [0, 0.1) is 0 Å². The lowest BCUT2D eigenvalue weighted by atomic mass is 9.80. The molecule has 1 atom stereocenters. The maximum absolute atomic E-state index is 11.2. The van der Waals surface area contributed by atoms with Crippen molar-refractivity contribution in [1.82, 2.24) is 14.4 Å². The maximum Gasteiger partial charge on any atom is 0.354 e. The minimum absolute atomic E-state index is 0.0813. The van der Waals surface area contributed by atoms with Crippen molar-refractivity contribution in [2.45, 2.75) is 24.9 Å². The van der Waals surface area contributed by atoms with Crippen molar-refractivity contribution in [3.05, 3.63) is 59.5 Å². The van der Waals surface area contributed by atoms with Gasteiger partial charge in [-0.2, -0.15) is 0 Å². The number of nitrogens with one attached hydrogen (secondary N) is 1. The summed E-state index contributed by atoms with van der Waals surface area (Å²) >= 11 is 0. The Hall–Kier alpha value is -2.93. The third-order valence-electron chi connectivity index (χ3n) is 4.68. The van der Waals surface area contributed by atoms with E-state index in [0.29, 0.717) is 24.4 Å². The number of aromatic nitrogens is 3. The van der Waals surface area contributed by atoms with Crippen LogP contribution in [-0.2, 0) is 12.8 Å². The average Bonchev–Trinajstić information content (AvgIpc) is 3.08. The Morgan fingerprint density at radius 1 is 1.32 bits per heavy atom. The molecule has 2 heterocycles. The highest BCUT2D eigenvalue weighted by Gasteiger charge is 2.32. The molecule has 0 radical (unpaired) electrons. The summed E-state index contributed by atoms with van der Waals surface area (Å²) < 4.78 is 1.67. The number of hydrogen-bond acceptors (Lipinski definition) is 5. The van der Waals surface area contributed by atoms with E-state index >= 15 is 0 Å². The van der Waals surface area contributed by atoms with Crippen LogP contribution < -0.4 is 5.32 Å². The number of carboxylic acids is 1. The molecule has 4 rings (SSSR count). The Morgan fingerprint density at radius 3 is 2.92 bits per heavy atom. The second-order valence-corrected chi connectivity index (χ2v) is 6.45. The molecule has 2 aromatic heterocycles. The SMILES string of the molecule is O=C(O)c1cc2nccn2c(NCC2(O)CCc3ccccc3C2)n1. The smallest absolute Gasteiger partial charge is 0.354 e. The molecule has 1 aliphatic rings. The van der Waals surface area contributed by atoms with E-state index in [2.05, 4.69) is 21.4 Å². The molecule has 25 heavy (non-hydrogen) atoms. The van der Waals surface area contributed by atoms with E-state index in [-0.39, 0.29) is 12.2 Å². The summed E-state index contributed by atoms with van der Waals surface area (Å²) in [5.41, 5.74) is 1.94. The second-order valence-electron chi connectivity index (χ2n) is 6.45. The number of anilines is 1. The topological polar surface area (TPSA) is 99.8 Å². The van der Waals surface area contributed by atoms with Gasteiger partial charge in [-0.1, -0.05) is 24.3 Å². The van der Waals surface area contributed by atoms with E-state index < -0.39 is 11.6 Å². The lowest BCUT2D eigenvalue weighted by molar-refractivity contribution is 0.0394. The number of nitrogens with zero attached hydrogens (tertiary/aromatic N) is 3. The lowest BCUT2D eigenvalue weighted by Crippen LogP contribution is -2.42. The fraction of sp³-hybridized carbons (Fsp3) is 0.278. The van der Waals surface area contributed by atoms with Gasteiger partial charge < -0.3 is 15.5 Å². The number of fused-ring (bicyclic) bond motifs is 2. The quantitative estimate of drug-likeness (QED) is 0.670. The molecule has 3 N–H and O–H groups in total. The third-order valence-corrected chi connectivity index (χ3v) is 4.68. The molecule has 1 aliphatic carbocycles. The molecule has 7 nitrogen and oxygen atoms in total. The highest BCUT2D eigenvalue weighted by molar-refractivity contribution is 5.87. The monoisotopic (exact) mass is 338 g/mol. The van der Waals surface area contributed by atoms with E-state index in [1.165, 1.54) is 11.6 Å². The second kappa shape index (κ2) is 5.86. The molecular formula is C18H18N4O3. The highest BCUT2D eigenvalue weighted by atomic mass is 16.4. The molecule has 0 saturated heterocycles. The van der Waals surface area contributed by atoms with E-state index in [1.54, 1.807) is 16.8 Å². The van der Waals surface area contributed by atoms with Gasteiger partial charge >= 0.3 is 5.97 Å². The Bertz CT molecular complexity index is 952. The first-order valence-corrected chi connectivity index (χ1v) is 8.15. The van der Waals surface area contributed by atoms with Crippen LogP contribution in [0.3, 0.4) is 0 Å². The van der Waals surface area contributed by atoms with E-state index in [4.69, 9.17) is 0 Å². The molecule has 1 unspecified atom stereocenters. The van der Waals surface area contributed by atoms with Gasteiger partial charge in [0.05, 0.1) is 5.60 Å².